The first-order valence-corrected chi connectivity index (χ1v) is 13.6. The summed E-state index contributed by atoms with van der Waals surface area (Å²) in [5.74, 6) is 1.29. The molecule has 3 aliphatic carbocycles. The van der Waals surface area contributed by atoms with Gasteiger partial charge in [0.15, 0.2) is 0 Å². The van der Waals surface area contributed by atoms with Gasteiger partial charge in [-0.05, 0) is 87.4 Å². The van der Waals surface area contributed by atoms with Crippen LogP contribution in [0.15, 0.2) is 11.6 Å². The second-order valence-corrected chi connectivity index (χ2v) is 12.4. The van der Waals surface area contributed by atoms with Crippen LogP contribution in [-0.4, -0.2) is 40.8 Å². The summed E-state index contributed by atoms with van der Waals surface area (Å²) in [5, 5.41) is 21.0. The van der Waals surface area contributed by atoms with E-state index in [1.165, 1.54) is 6.92 Å². The van der Waals surface area contributed by atoms with Crippen molar-refractivity contribution in [2.24, 2.45) is 40.4 Å². The maximum absolute atomic E-state index is 14.0. The van der Waals surface area contributed by atoms with Gasteiger partial charge in [-0.15, -0.1) is 0 Å². The van der Waals surface area contributed by atoms with Crippen LogP contribution in [0.4, 0.5) is 0 Å². The van der Waals surface area contributed by atoms with Gasteiger partial charge in [0, 0.05) is 31.3 Å². The van der Waals surface area contributed by atoms with Crippen molar-refractivity contribution in [3.63, 3.8) is 0 Å². The number of ketones is 1. The van der Waals surface area contributed by atoms with E-state index in [1.807, 2.05) is 0 Å². The Balaban J connectivity index is 1.80. The number of hydrogen-bond donors (Lipinski definition) is 2. The molecule has 0 aromatic rings. The molecular weight excluding hydrogens is 428 g/mol. The Bertz CT molecular complexity index is 772. The predicted octanol–water partition coefficient (Wildman–Crippen LogP) is 5.47. The van der Waals surface area contributed by atoms with Gasteiger partial charge >= 0.3 is 5.97 Å². The van der Waals surface area contributed by atoms with Crippen molar-refractivity contribution in [2.45, 2.75) is 112 Å². The molecule has 0 radical (unpaired) electrons. The van der Waals surface area contributed by atoms with Crippen LogP contribution >= 0.6 is 0 Å². The Morgan fingerprint density at radius 3 is 2.50 bits per heavy atom. The van der Waals surface area contributed by atoms with Crippen LogP contribution in [0.2, 0.25) is 0 Å². The molecule has 194 valence electrons. The third kappa shape index (κ3) is 5.31. The highest BCUT2D eigenvalue weighted by atomic mass is 16.5. The number of fused-ring (bicyclic) bond motifs is 1. The van der Waals surface area contributed by atoms with Crippen molar-refractivity contribution >= 4 is 11.8 Å². The monoisotopic (exact) mass is 476 g/mol. The van der Waals surface area contributed by atoms with Gasteiger partial charge in [0.1, 0.15) is 11.9 Å². The van der Waals surface area contributed by atoms with E-state index in [-0.39, 0.29) is 48.0 Å². The van der Waals surface area contributed by atoms with E-state index in [0.29, 0.717) is 30.5 Å². The summed E-state index contributed by atoms with van der Waals surface area (Å²) in [7, 11) is 0. The Labute approximate surface area is 206 Å². The fourth-order valence-electron chi connectivity index (χ4n) is 7.71. The van der Waals surface area contributed by atoms with Crippen LogP contribution in [-0.2, 0) is 14.3 Å². The number of aliphatic hydroxyl groups excluding tert-OH is 2. The van der Waals surface area contributed by atoms with Crippen LogP contribution in [0.3, 0.4) is 0 Å². The molecule has 2 fully saturated rings. The fourth-order valence-corrected chi connectivity index (χ4v) is 7.71. The number of aliphatic hydroxyl groups is 2. The second-order valence-electron chi connectivity index (χ2n) is 12.4. The van der Waals surface area contributed by atoms with Crippen molar-refractivity contribution in [3.05, 3.63) is 11.6 Å². The van der Waals surface area contributed by atoms with E-state index in [4.69, 9.17) is 4.74 Å². The highest BCUT2D eigenvalue weighted by Gasteiger charge is 2.56. The molecule has 2 saturated carbocycles. The smallest absolute Gasteiger partial charge is 0.302 e. The Morgan fingerprint density at radius 2 is 1.88 bits per heavy atom. The largest absolute Gasteiger partial charge is 0.462 e. The molecule has 3 rings (SSSR count). The van der Waals surface area contributed by atoms with Gasteiger partial charge in [-0.1, -0.05) is 39.3 Å². The summed E-state index contributed by atoms with van der Waals surface area (Å²) in [6, 6.07) is 0. The lowest BCUT2D eigenvalue weighted by Crippen LogP contribution is -2.48. The van der Waals surface area contributed by atoms with E-state index < -0.39 is 5.41 Å². The minimum absolute atomic E-state index is 0.0411. The SMILES string of the molecule is CC(=O)OC1CCC2(C)C(=O)C(C3CCC(C(C)C(O)CCC(C)C)C3(C)CCO)CC=C2C1. The average Bonchev–Trinajstić information content (AvgIpc) is 3.09. The molecule has 0 spiro atoms. The molecule has 0 aromatic heterocycles. The summed E-state index contributed by atoms with van der Waals surface area (Å²) in [6.07, 6.45) is 9.14. The van der Waals surface area contributed by atoms with Crippen LogP contribution in [0.25, 0.3) is 0 Å². The molecule has 5 nitrogen and oxygen atoms in total. The van der Waals surface area contributed by atoms with Gasteiger partial charge in [-0.3, -0.25) is 9.59 Å². The van der Waals surface area contributed by atoms with E-state index in [0.717, 1.165) is 50.5 Å². The Morgan fingerprint density at radius 1 is 1.18 bits per heavy atom. The average molecular weight is 477 g/mol. The Kier molecular flexibility index (Phi) is 8.72. The van der Waals surface area contributed by atoms with Crippen molar-refractivity contribution in [1.29, 1.82) is 0 Å². The first-order chi connectivity index (χ1) is 15.9. The van der Waals surface area contributed by atoms with E-state index >= 15 is 0 Å². The van der Waals surface area contributed by atoms with Crippen molar-refractivity contribution < 1.29 is 24.5 Å². The molecule has 0 saturated heterocycles. The number of ether oxygens (including phenoxy) is 1. The van der Waals surface area contributed by atoms with Gasteiger partial charge in [0.05, 0.1) is 6.10 Å². The molecular formula is C29H48O5. The highest BCUT2D eigenvalue weighted by molar-refractivity contribution is 5.91. The number of carbonyl (C=O) groups is 2. The van der Waals surface area contributed by atoms with Gasteiger partial charge < -0.3 is 14.9 Å². The lowest BCUT2D eigenvalue weighted by Gasteiger charge is -2.48. The maximum atomic E-state index is 14.0. The quantitative estimate of drug-likeness (QED) is 0.340. The topological polar surface area (TPSA) is 83.8 Å². The third-order valence-corrected chi connectivity index (χ3v) is 9.85. The molecule has 0 aromatic carbocycles. The molecule has 8 unspecified atom stereocenters. The highest BCUT2D eigenvalue weighted by Crippen LogP contribution is 2.59. The normalized spacial score (nSPS) is 37.8. The lowest BCUT2D eigenvalue weighted by atomic mass is 9.55. The number of allylic oxidation sites excluding steroid dienone is 1. The molecule has 0 amide bonds. The summed E-state index contributed by atoms with van der Waals surface area (Å²) in [6.45, 7) is 12.5. The summed E-state index contributed by atoms with van der Waals surface area (Å²) < 4.78 is 5.47. The minimum atomic E-state index is -0.472. The minimum Gasteiger partial charge on any atom is -0.462 e. The Hall–Kier alpha value is -1.20. The maximum Gasteiger partial charge on any atom is 0.302 e. The molecule has 0 bridgehead atoms. The molecule has 34 heavy (non-hydrogen) atoms. The van der Waals surface area contributed by atoms with Crippen molar-refractivity contribution in [1.82, 2.24) is 0 Å². The van der Waals surface area contributed by atoms with Crippen molar-refractivity contribution in [3.8, 4) is 0 Å². The number of hydrogen-bond acceptors (Lipinski definition) is 5. The van der Waals surface area contributed by atoms with E-state index in [1.54, 1.807) is 0 Å². The molecule has 8 atom stereocenters. The number of Topliss-reactive ketones (excluding diaryl/α,β-unsaturated/α-hetero) is 1. The number of rotatable bonds is 9. The van der Waals surface area contributed by atoms with E-state index in [2.05, 4.69) is 40.7 Å². The first kappa shape index (κ1) is 27.4. The van der Waals surface area contributed by atoms with Gasteiger partial charge in [0.25, 0.3) is 0 Å². The van der Waals surface area contributed by atoms with Crippen LogP contribution in [0.5, 0.6) is 0 Å². The molecule has 5 heteroatoms. The number of esters is 1. The summed E-state index contributed by atoms with van der Waals surface area (Å²) >= 11 is 0. The lowest BCUT2D eigenvalue weighted by molar-refractivity contribution is -0.148. The second kappa shape index (κ2) is 10.8. The number of carbonyl (C=O) groups excluding carboxylic acids is 2. The van der Waals surface area contributed by atoms with Gasteiger partial charge in [0.2, 0.25) is 0 Å². The van der Waals surface area contributed by atoms with E-state index in [9.17, 15) is 19.8 Å². The molecule has 2 N–H and O–H groups in total. The molecule has 3 aliphatic rings. The van der Waals surface area contributed by atoms with Gasteiger partial charge in [-0.2, -0.15) is 0 Å². The standard InChI is InChI=1S/C29H48O5/c1-18(2)7-12-26(32)19(3)24-10-11-25(29(24,6)15-16-30)23-9-8-21-17-22(34-20(4)31)13-14-28(21,5)27(23)33/h8,18-19,22-26,30,32H,7,9-17H2,1-6H3. The fraction of sp³-hybridized carbons (Fsp3) is 0.862. The van der Waals surface area contributed by atoms with Crippen molar-refractivity contribution in [2.75, 3.05) is 6.61 Å². The zero-order valence-electron chi connectivity index (χ0n) is 22.3. The molecule has 0 heterocycles. The van der Waals surface area contributed by atoms with Gasteiger partial charge in [-0.25, -0.2) is 0 Å². The zero-order valence-corrected chi connectivity index (χ0v) is 22.3. The predicted molar refractivity (Wildman–Crippen MR) is 134 cm³/mol. The summed E-state index contributed by atoms with van der Waals surface area (Å²) in [4.78, 5) is 25.5. The zero-order chi connectivity index (χ0) is 25.3. The van der Waals surface area contributed by atoms with Crippen LogP contribution in [0, 0.1) is 40.4 Å². The van der Waals surface area contributed by atoms with Crippen LogP contribution in [0.1, 0.15) is 99.3 Å². The first-order valence-electron chi connectivity index (χ1n) is 13.6. The molecule has 0 aliphatic heterocycles. The summed E-state index contributed by atoms with van der Waals surface area (Å²) in [5.41, 5.74) is 0.506. The third-order valence-electron chi connectivity index (χ3n) is 9.85. The van der Waals surface area contributed by atoms with Crippen LogP contribution < -0.4 is 0 Å².